The molecule has 5 nitrogen and oxygen atoms in total. The Morgan fingerprint density at radius 1 is 1.30 bits per heavy atom. The lowest BCUT2D eigenvalue weighted by molar-refractivity contribution is -0.0370. The van der Waals surface area contributed by atoms with E-state index in [-0.39, 0.29) is 6.10 Å². The van der Waals surface area contributed by atoms with Gasteiger partial charge >= 0.3 is 0 Å². The number of aromatic nitrogens is 3. The van der Waals surface area contributed by atoms with Gasteiger partial charge in [0, 0.05) is 26.1 Å². The van der Waals surface area contributed by atoms with Gasteiger partial charge < -0.3 is 4.74 Å². The van der Waals surface area contributed by atoms with Gasteiger partial charge in [-0.05, 0) is 36.0 Å². The first-order valence-corrected chi connectivity index (χ1v) is 8.67. The summed E-state index contributed by atoms with van der Waals surface area (Å²) in [6, 6.07) is 7.00. The van der Waals surface area contributed by atoms with Gasteiger partial charge in [-0.15, -0.1) is 0 Å². The molecule has 0 amide bonds. The Balaban J connectivity index is 1.43. The first-order chi connectivity index (χ1) is 11.3. The maximum absolute atomic E-state index is 5.88. The third-order valence-corrected chi connectivity index (χ3v) is 4.89. The zero-order valence-corrected chi connectivity index (χ0v) is 13.7. The molecule has 1 aromatic carbocycles. The lowest BCUT2D eigenvalue weighted by Gasteiger charge is -2.31. The number of nitrogens with one attached hydrogen (secondary N) is 1. The van der Waals surface area contributed by atoms with Gasteiger partial charge in [0.2, 0.25) is 0 Å². The standard InChI is InChI=1S/C18H24N4O/c1-2-17-19-18(21-20-17)16-12-22(8-9-23-16)11-13-6-7-14-4-3-5-15(14)10-13/h6-7,10,16H,2-5,8-9,11-12H2,1H3,(H,19,20,21)/t16-/m1/s1. The number of morpholine rings is 1. The molecule has 0 bridgehead atoms. The van der Waals surface area contributed by atoms with Gasteiger partial charge in [0.1, 0.15) is 11.9 Å². The summed E-state index contributed by atoms with van der Waals surface area (Å²) in [7, 11) is 0. The summed E-state index contributed by atoms with van der Waals surface area (Å²) in [5.74, 6) is 1.72. The number of hydrogen-bond donors (Lipinski definition) is 1. The van der Waals surface area contributed by atoms with Crippen molar-refractivity contribution in [1.82, 2.24) is 20.1 Å². The van der Waals surface area contributed by atoms with Crippen molar-refractivity contribution in [3.05, 3.63) is 46.5 Å². The molecule has 4 rings (SSSR count). The second-order valence-electron chi connectivity index (χ2n) is 6.55. The van der Waals surface area contributed by atoms with Crippen LogP contribution in [0, 0.1) is 0 Å². The molecule has 2 heterocycles. The van der Waals surface area contributed by atoms with E-state index >= 15 is 0 Å². The maximum atomic E-state index is 5.88. The number of benzene rings is 1. The second-order valence-corrected chi connectivity index (χ2v) is 6.55. The Morgan fingerprint density at radius 2 is 2.22 bits per heavy atom. The van der Waals surface area contributed by atoms with Crippen LogP contribution in [0.4, 0.5) is 0 Å². The van der Waals surface area contributed by atoms with Gasteiger partial charge in [0.15, 0.2) is 5.82 Å². The summed E-state index contributed by atoms with van der Waals surface area (Å²) in [6.07, 6.45) is 4.66. The highest BCUT2D eigenvalue weighted by Crippen LogP contribution is 2.25. The monoisotopic (exact) mass is 312 g/mol. The van der Waals surface area contributed by atoms with Gasteiger partial charge in [-0.25, -0.2) is 4.98 Å². The molecule has 122 valence electrons. The Morgan fingerprint density at radius 3 is 3.09 bits per heavy atom. The first-order valence-electron chi connectivity index (χ1n) is 8.67. The molecule has 0 saturated carbocycles. The number of hydrogen-bond acceptors (Lipinski definition) is 4. The SMILES string of the molecule is CCc1nc([C@H]2CN(Cc3ccc4c(c3)CCC4)CCO2)n[nH]1. The Labute approximate surface area is 137 Å². The van der Waals surface area contributed by atoms with Crippen LogP contribution >= 0.6 is 0 Å². The van der Waals surface area contributed by atoms with E-state index in [1.54, 1.807) is 11.1 Å². The maximum Gasteiger partial charge on any atom is 0.180 e. The molecule has 0 spiro atoms. The van der Waals surface area contributed by atoms with E-state index < -0.39 is 0 Å². The van der Waals surface area contributed by atoms with Crippen LogP contribution in [-0.2, 0) is 30.5 Å². The zero-order valence-electron chi connectivity index (χ0n) is 13.7. The minimum Gasteiger partial charge on any atom is -0.367 e. The van der Waals surface area contributed by atoms with Crippen molar-refractivity contribution in [1.29, 1.82) is 0 Å². The van der Waals surface area contributed by atoms with Crippen molar-refractivity contribution in [3.8, 4) is 0 Å². The molecular weight excluding hydrogens is 288 g/mol. The molecule has 0 radical (unpaired) electrons. The Bertz CT molecular complexity index is 681. The number of nitrogens with zero attached hydrogens (tertiary/aromatic N) is 3. The van der Waals surface area contributed by atoms with Gasteiger partial charge in [-0.1, -0.05) is 25.1 Å². The van der Waals surface area contributed by atoms with E-state index in [9.17, 15) is 0 Å². The van der Waals surface area contributed by atoms with Crippen molar-refractivity contribution in [2.75, 3.05) is 19.7 Å². The molecule has 2 aliphatic rings. The van der Waals surface area contributed by atoms with Crippen LogP contribution in [0.5, 0.6) is 0 Å². The van der Waals surface area contributed by atoms with Crippen LogP contribution in [0.25, 0.3) is 0 Å². The Kier molecular flexibility index (Phi) is 4.14. The normalized spacial score (nSPS) is 21.5. The number of rotatable bonds is 4. The van der Waals surface area contributed by atoms with E-state index in [0.29, 0.717) is 0 Å². The summed E-state index contributed by atoms with van der Waals surface area (Å²) in [6.45, 7) is 5.63. The third-order valence-electron chi connectivity index (χ3n) is 4.89. The minimum atomic E-state index is -0.0188. The fourth-order valence-corrected chi connectivity index (χ4v) is 3.60. The quantitative estimate of drug-likeness (QED) is 0.942. The molecule has 1 fully saturated rings. The van der Waals surface area contributed by atoms with Crippen LogP contribution in [0.3, 0.4) is 0 Å². The molecule has 1 aliphatic heterocycles. The zero-order chi connectivity index (χ0) is 15.6. The predicted molar refractivity (Wildman–Crippen MR) is 88.2 cm³/mol. The van der Waals surface area contributed by atoms with Crippen LogP contribution in [0.2, 0.25) is 0 Å². The van der Waals surface area contributed by atoms with Gasteiger partial charge in [-0.3, -0.25) is 10.00 Å². The van der Waals surface area contributed by atoms with E-state index in [4.69, 9.17) is 4.74 Å². The topological polar surface area (TPSA) is 54.0 Å². The first kappa shape index (κ1) is 14.8. The molecule has 2 aromatic rings. The largest absolute Gasteiger partial charge is 0.367 e. The number of H-pyrrole nitrogens is 1. The van der Waals surface area contributed by atoms with Crippen LogP contribution in [0.15, 0.2) is 18.2 Å². The van der Waals surface area contributed by atoms with E-state index in [1.165, 1.54) is 24.8 Å². The highest BCUT2D eigenvalue weighted by molar-refractivity contribution is 5.35. The average molecular weight is 312 g/mol. The van der Waals surface area contributed by atoms with E-state index in [2.05, 4.69) is 45.2 Å². The van der Waals surface area contributed by atoms with Gasteiger partial charge in [0.25, 0.3) is 0 Å². The van der Waals surface area contributed by atoms with Gasteiger partial charge in [-0.2, -0.15) is 5.10 Å². The molecule has 1 atom stereocenters. The molecule has 23 heavy (non-hydrogen) atoms. The number of fused-ring (bicyclic) bond motifs is 1. The fourth-order valence-electron chi connectivity index (χ4n) is 3.60. The molecular formula is C18H24N4O. The molecule has 0 unspecified atom stereocenters. The van der Waals surface area contributed by atoms with Crippen molar-refractivity contribution in [2.45, 2.75) is 45.3 Å². The van der Waals surface area contributed by atoms with Crippen molar-refractivity contribution >= 4 is 0 Å². The van der Waals surface area contributed by atoms with Crippen molar-refractivity contribution in [2.24, 2.45) is 0 Å². The number of aryl methyl sites for hydroxylation is 3. The average Bonchev–Trinajstić information content (AvgIpc) is 3.24. The fraction of sp³-hybridized carbons (Fsp3) is 0.556. The molecule has 5 heteroatoms. The molecule has 1 aliphatic carbocycles. The summed E-state index contributed by atoms with van der Waals surface area (Å²) < 4.78 is 5.88. The van der Waals surface area contributed by atoms with Crippen molar-refractivity contribution < 1.29 is 4.74 Å². The smallest absolute Gasteiger partial charge is 0.180 e. The summed E-state index contributed by atoms with van der Waals surface area (Å²) in [4.78, 5) is 6.97. The summed E-state index contributed by atoms with van der Waals surface area (Å²) >= 11 is 0. The number of ether oxygens (including phenoxy) is 1. The molecule has 1 saturated heterocycles. The van der Waals surface area contributed by atoms with E-state index in [0.717, 1.165) is 44.3 Å². The van der Waals surface area contributed by atoms with Gasteiger partial charge in [0.05, 0.1) is 6.61 Å². The highest BCUT2D eigenvalue weighted by atomic mass is 16.5. The van der Waals surface area contributed by atoms with E-state index in [1.807, 2.05) is 0 Å². The third kappa shape index (κ3) is 3.16. The Hall–Kier alpha value is -1.72. The van der Waals surface area contributed by atoms with Crippen LogP contribution < -0.4 is 0 Å². The number of aromatic amines is 1. The van der Waals surface area contributed by atoms with Crippen molar-refractivity contribution in [3.63, 3.8) is 0 Å². The second kappa shape index (κ2) is 6.42. The lowest BCUT2D eigenvalue weighted by atomic mass is 10.1. The molecule has 1 N–H and O–H groups in total. The highest BCUT2D eigenvalue weighted by Gasteiger charge is 2.25. The van der Waals surface area contributed by atoms with Crippen LogP contribution in [0.1, 0.15) is 47.8 Å². The summed E-state index contributed by atoms with van der Waals surface area (Å²) in [5, 5.41) is 7.30. The summed E-state index contributed by atoms with van der Waals surface area (Å²) in [5.41, 5.74) is 4.51. The minimum absolute atomic E-state index is 0.0188. The predicted octanol–water partition coefficient (Wildman–Crippen LogP) is 2.43. The lowest BCUT2D eigenvalue weighted by Crippen LogP contribution is -2.38. The van der Waals surface area contributed by atoms with Crippen LogP contribution in [-0.4, -0.2) is 39.8 Å². The molecule has 1 aromatic heterocycles.